The lowest BCUT2D eigenvalue weighted by Crippen LogP contribution is -2.17. The SMILES string of the molecule is CCCCCCCCCCCCCCOC(=O)CCOC(=O)Nc1ccc(Cl)c(-c2nc3c(Cl)c(C(C)(C)C)[nH]n3n2)c1. The summed E-state index contributed by atoms with van der Waals surface area (Å²) in [6.45, 7) is 8.69. The first kappa shape index (κ1) is 34.7. The van der Waals surface area contributed by atoms with E-state index in [-0.39, 0.29) is 24.4 Å². The van der Waals surface area contributed by atoms with Crippen molar-refractivity contribution in [3.8, 4) is 11.4 Å². The molecule has 0 unspecified atom stereocenters. The van der Waals surface area contributed by atoms with Crippen molar-refractivity contribution >= 4 is 46.6 Å². The van der Waals surface area contributed by atoms with Crippen LogP contribution in [0, 0.1) is 0 Å². The van der Waals surface area contributed by atoms with Gasteiger partial charge in [-0.05, 0) is 24.6 Å². The average molecular weight is 637 g/mol. The molecule has 0 spiro atoms. The molecular formula is C32H47Cl2N5O4. The number of carbonyl (C=O) groups is 2. The number of H-pyrrole nitrogens is 1. The van der Waals surface area contributed by atoms with Gasteiger partial charge >= 0.3 is 12.1 Å². The zero-order valence-electron chi connectivity index (χ0n) is 26.1. The second kappa shape index (κ2) is 17.5. The van der Waals surface area contributed by atoms with Gasteiger partial charge < -0.3 is 9.47 Å². The van der Waals surface area contributed by atoms with Crippen LogP contribution in [-0.2, 0) is 19.7 Å². The Kier molecular flexibility index (Phi) is 14.1. The molecule has 0 bridgehead atoms. The Bertz CT molecular complexity index is 1320. The van der Waals surface area contributed by atoms with Crippen LogP contribution in [0.2, 0.25) is 10.0 Å². The molecule has 0 atom stereocenters. The quantitative estimate of drug-likeness (QED) is 0.106. The molecule has 0 radical (unpaired) electrons. The number of esters is 1. The number of nitrogens with one attached hydrogen (secondary N) is 2. The Morgan fingerprint density at radius 3 is 2.14 bits per heavy atom. The van der Waals surface area contributed by atoms with Gasteiger partial charge in [0.2, 0.25) is 0 Å². The van der Waals surface area contributed by atoms with Crippen molar-refractivity contribution in [3.05, 3.63) is 33.9 Å². The number of hydrogen-bond acceptors (Lipinski definition) is 6. The summed E-state index contributed by atoms with van der Waals surface area (Å²) in [5.74, 6) is -0.0222. The van der Waals surface area contributed by atoms with Crippen LogP contribution in [0.25, 0.3) is 17.0 Å². The lowest BCUT2D eigenvalue weighted by molar-refractivity contribution is -0.144. The number of benzene rings is 1. The number of hydrogen-bond donors (Lipinski definition) is 2. The number of fused-ring (bicyclic) bond motifs is 1. The first-order valence-corrected chi connectivity index (χ1v) is 16.4. The van der Waals surface area contributed by atoms with E-state index in [9.17, 15) is 9.59 Å². The van der Waals surface area contributed by atoms with Gasteiger partial charge in [0.05, 0.1) is 23.7 Å². The van der Waals surface area contributed by atoms with Crippen LogP contribution >= 0.6 is 23.2 Å². The predicted molar refractivity (Wildman–Crippen MR) is 173 cm³/mol. The van der Waals surface area contributed by atoms with Crippen LogP contribution < -0.4 is 5.32 Å². The monoisotopic (exact) mass is 635 g/mol. The minimum absolute atomic E-state index is 0.000489. The number of amides is 1. The lowest BCUT2D eigenvalue weighted by atomic mass is 9.92. The van der Waals surface area contributed by atoms with Crippen LogP contribution in [0.15, 0.2) is 18.2 Å². The summed E-state index contributed by atoms with van der Waals surface area (Å²) >= 11 is 12.9. The summed E-state index contributed by atoms with van der Waals surface area (Å²) < 4.78 is 12.0. The van der Waals surface area contributed by atoms with Crippen molar-refractivity contribution in [3.63, 3.8) is 0 Å². The van der Waals surface area contributed by atoms with Gasteiger partial charge in [0.25, 0.3) is 0 Å². The maximum absolute atomic E-state index is 12.3. The first-order chi connectivity index (χ1) is 20.6. The minimum atomic E-state index is -0.690. The van der Waals surface area contributed by atoms with Gasteiger partial charge in [-0.1, -0.05) is 122 Å². The van der Waals surface area contributed by atoms with Crippen molar-refractivity contribution in [1.29, 1.82) is 0 Å². The predicted octanol–water partition coefficient (Wildman–Crippen LogP) is 9.51. The van der Waals surface area contributed by atoms with Crippen LogP contribution in [0.5, 0.6) is 0 Å². The number of anilines is 1. The van der Waals surface area contributed by atoms with E-state index in [0.29, 0.717) is 39.4 Å². The number of halogens is 2. The fourth-order valence-electron chi connectivity index (χ4n) is 4.77. The van der Waals surface area contributed by atoms with Gasteiger partial charge in [0.15, 0.2) is 11.5 Å². The van der Waals surface area contributed by atoms with Gasteiger partial charge in [-0.15, -0.1) is 5.10 Å². The molecule has 0 fully saturated rings. The van der Waals surface area contributed by atoms with Crippen molar-refractivity contribution in [2.75, 3.05) is 18.5 Å². The van der Waals surface area contributed by atoms with Gasteiger partial charge in [0, 0.05) is 16.7 Å². The number of unbranched alkanes of at least 4 members (excludes halogenated alkanes) is 11. The Morgan fingerprint density at radius 1 is 0.907 bits per heavy atom. The molecule has 9 nitrogen and oxygen atoms in total. The van der Waals surface area contributed by atoms with Gasteiger partial charge in [-0.3, -0.25) is 15.2 Å². The van der Waals surface area contributed by atoms with Crippen molar-refractivity contribution in [2.45, 2.75) is 117 Å². The van der Waals surface area contributed by atoms with Crippen molar-refractivity contribution in [2.24, 2.45) is 0 Å². The first-order valence-electron chi connectivity index (χ1n) is 15.6. The number of carbonyl (C=O) groups excluding carboxylic acids is 2. The largest absolute Gasteiger partial charge is 0.466 e. The smallest absolute Gasteiger partial charge is 0.411 e. The fraction of sp³-hybridized carbons (Fsp3) is 0.625. The number of aromatic nitrogens is 4. The number of ether oxygens (including phenoxy) is 2. The molecule has 3 aromatic rings. The molecule has 2 N–H and O–H groups in total. The fourth-order valence-corrected chi connectivity index (χ4v) is 5.42. The van der Waals surface area contributed by atoms with E-state index >= 15 is 0 Å². The summed E-state index contributed by atoms with van der Waals surface area (Å²) in [4.78, 5) is 28.9. The van der Waals surface area contributed by atoms with Crippen molar-refractivity contribution < 1.29 is 19.1 Å². The van der Waals surface area contributed by atoms with Crippen molar-refractivity contribution in [1.82, 2.24) is 19.8 Å². The highest BCUT2D eigenvalue weighted by molar-refractivity contribution is 6.34. The third-order valence-corrected chi connectivity index (χ3v) is 7.93. The number of rotatable bonds is 18. The molecule has 238 valence electrons. The molecule has 0 saturated heterocycles. The number of nitrogens with zero attached hydrogens (tertiary/aromatic N) is 3. The van der Waals surface area contributed by atoms with Gasteiger partial charge in [0.1, 0.15) is 11.6 Å². The number of aromatic amines is 1. The summed E-state index contributed by atoms with van der Waals surface area (Å²) in [6.07, 6.45) is 14.3. The molecule has 43 heavy (non-hydrogen) atoms. The van der Waals surface area contributed by atoms with E-state index < -0.39 is 6.09 Å². The summed E-state index contributed by atoms with van der Waals surface area (Å²) in [7, 11) is 0. The molecule has 11 heteroatoms. The molecule has 0 aliphatic carbocycles. The average Bonchev–Trinajstić information content (AvgIpc) is 3.51. The Balaban J connectivity index is 1.31. The molecule has 0 saturated carbocycles. The Hall–Kier alpha value is -2.78. The highest BCUT2D eigenvalue weighted by atomic mass is 35.5. The van der Waals surface area contributed by atoms with Crippen LogP contribution in [0.4, 0.5) is 10.5 Å². The van der Waals surface area contributed by atoms with Crippen LogP contribution in [-0.4, -0.2) is 45.1 Å². The lowest BCUT2D eigenvalue weighted by Gasteiger charge is -2.16. The summed E-state index contributed by atoms with van der Waals surface area (Å²) in [5, 5.41) is 11.2. The van der Waals surface area contributed by atoms with E-state index in [4.69, 9.17) is 32.7 Å². The van der Waals surface area contributed by atoms with E-state index in [0.717, 1.165) is 18.5 Å². The molecule has 3 rings (SSSR count). The highest BCUT2D eigenvalue weighted by Crippen LogP contribution is 2.34. The van der Waals surface area contributed by atoms with Crippen LogP contribution in [0.1, 0.15) is 117 Å². The van der Waals surface area contributed by atoms with E-state index in [1.54, 1.807) is 18.2 Å². The third-order valence-electron chi connectivity index (χ3n) is 7.24. The summed E-state index contributed by atoms with van der Waals surface area (Å²) in [6, 6.07) is 4.93. The molecule has 1 aromatic carbocycles. The second-order valence-electron chi connectivity index (χ2n) is 12.0. The topological polar surface area (TPSA) is 111 Å². The maximum Gasteiger partial charge on any atom is 0.411 e. The standard InChI is InChI=1S/C32H47Cl2N5O4/c1-5-6-7-8-9-10-11-12-13-14-15-16-20-42-26(40)19-21-43-31(41)35-23-17-18-25(33)24(22-23)29-36-30-27(34)28(32(2,3)4)37-39(30)38-29/h17-18,22,37H,5-16,19-21H2,1-4H3,(H,35,41). The van der Waals surface area contributed by atoms with Gasteiger partial charge in [-0.25, -0.2) is 9.78 Å². The van der Waals surface area contributed by atoms with E-state index in [1.165, 1.54) is 68.8 Å². The molecule has 0 aliphatic rings. The van der Waals surface area contributed by atoms with Crippen LogP contribution in [0.3, 0.4) is 0 Å². The minimum Gasteiger partial charge on any atom is -0.466 e. The van der Waals surface area contributed by atoms with E-state index in [2.05, 4.69) is 27.4 Å². The molecule has 0 aliphatic heterocycles. The van der Waals surface area contributed by atoms with E-state index in [1.807, 2.05) is 20.8 Å². The van der Waals surface area contributed by atoms with Gasteiger partial charge in [-0.2, -0.15) is 4.63 Å². The molecule has 2 heterocycles. The summed E-state index contributed by atoms with van der Waals surface area (Å²) in [5.41, 5.74) is 2.07. The maximum atomic E-state index is 12.3. The Morgan fingerprint density at radius 2 is 1.53 bits per heavy atom. The normalized spacial score (nSPS) is 11.7. The Labute approximate surface area is 265 Å². The molecule has 2 aromatic heterocycles. The molecular weight excluding hydrogens is 589 g/mol. The zero-order valence-corrected chi connectivity index (χ0v) is 27.6. The zero-order chi connectivity index (χ0) is 31.2. The molecule has 1 amide bonds. The highest BCUT2D eigenvalue weighted by Gasteiger charge is 2.25. The third kappa shape index (κ3) is 11.3. The second-order valence-corrected chi connectivity index (χ2v) is 12.8.